The zero-order valence-electron chi connectivity index (χ0n) is 8.26. The fourth-order valence-electron chi connectivity index (χ4n) is 0.870. The summed E-state index contributed by atoms with van der Waals surface area (Å²) in [5.41, 5.74) is 0.00686. The number of ketones is 1. The van der Waals surface area contributed by atoms with Crippen LogP contribution in [0.2, 0.25) is 0 Å². The van der Waals surface area contributed by atoms with Gasteiger partial charge in [-0.3, -0.25) is 4.79 Å². The van der Waals surface area contributed by atoms with Crippen molar-refractivity contribution in [1.82, 2.24) is 5.32 Å². The molecule has 0 atom stereocenters. The second kappa shape index (κ2) is 4.03. The van der Waals surface area contributed by atoms with Crippen LogP contribution in [0.25, 0.3) is 0 Å². The van der Waals surface area contributed by atoms with Crippen LogP contribution in [0.3, 0.4) is 0 Å². The number of carbonyl (C=O) groups excluding carboxylic acids is 1. The van der Waals surface area contributed by atoms with Crippen molar-refractivity contribution in [2.75, 3.05) is 6.54 Å². The van der Waals surface area contributed by atoms with E-state index in [0.29, 0.717) is 6.54 Å². The van der Waals surface area contributed by atoms with Gasteiger partial charge >= 0.3 is 0 Å². The summed E-state index contributed by atoms with van der Waals surface area (Å²) >= 11 is 1.49. The second-order valence-corrected chi connectivity index (χ2v) is 4.95. The van der Waals surface area contributed by atoms with E-state index in [1.165, 1.54) is 11.3 Å². The fourth-order valence-corrected chi connectivity index (χ4v) is 1.53. The van der Waals surface area contributed by atoms with E-state index in [1.54, 1.807) is 0 Å². The quantitative estimate of drug-likeness (QED) is 0.753. The minimum Gasteiger partial charge on any atom is -0.305 e. The van der Waals surface area contributed by atoms with Gasteiger partial charge in [0.15, 0.2) is 5.78 Å². The van der Waals surface area contributed by atoms with Crippen LogP contribution in [-0.4, -0.2) is 17.9 Å². The molecule has 0 aliphatic heterocycles. The van der Waals surface area contributed by atoms with E-state index in [1.807, 2.05) is 17.5 Å². The van der Waals surface area contributed by atoms with Gasteiger partial charge < -0.3 is 5.32 Å². The van der Waals surface area contributed by atoms with E-state index in [-0.39, 0.29) is 11.3 Å². The average molecular weight is 197 g/mol. The number of hydrogen-bond donors (Lipinski definition) is 1. The number of carbonyl (C=O) groups is 1. The molecule has 0 aliphatic carbocycles. The minimum atomic E-state index is 0.00686. The van der Waals surface area contributed by atoms with Gasteiger partial charge in [0.1, 0.15) is 0 Å². The largest absolute Gasteiger partial charge is 0.305 e. The Kier molecular flexibility index (Phi) is 3.22. The zero-order valence-corrected chi connectivity index (χ0v) is 9.07. The van der Waals surface area contributed by atoms with Gasteiger partial charge in [-0.15, -0.1) is 11.3 Å². The Bertz CT molecular complexity index is 272. The van der Waals surface area contributed by atoms with Gasteiger partial charge in [-0.1, -0.05) is 6.07 Å². The molecule has 1 aromatic heterocycles. The van der Waals surface area contributed by atoms with Crippen molar-refractivity contribution in [1.29, 1.82) is 0 Å². The zero-order chi connectivity index (χ0) is 9.90. The first-order valence-electron chi connectivity index (χ1n) is 4.31. The lowest BCUT2D eigenvalue weighted by Gasteiger charge is -2.19. The van der Waals surface area contributed by atoms with Crippen molar-refractivity contribution in [3.05, 3.63) is 22.4 Å². The molecular formula is C10H15NOS. The van der Waals surface area contributed by atoms with Gasteiger partial charge in [0.2, 0.25) is 0 Å². The Hall–Kier alpha value is -0.670. The molecule has 0 aliphatic rings. The molecule has 13 heavy (non-hydrogen) atoms. The Labute approximate surface area is 83.0 Å². The number of Topliss-reactive ketones (excluding diaryl/α,β-unsaturated/α-hetero) is 1. The van der Waals surface area contributed by atoms with E-state index in [0.717, 1.165) is 4.88 Å². The average Bonchev–Trinajstić information content (AvgIpc) is 2.50. The maximum absolute atomic E-state index is 11.5. The van der Waals surface area contributed by atoms with E-state index < -0.39 is 0 Å². The predicted molar refractivity (Wildman–Crippen MR) is 56.4 cm³/mol. The monoisotopic (exact) mass is 197 g/mol. The van der Waals surface area contributed by atoms with Crippen LogP contribution in [0.5, 0.6) is 0 Å². The van der Waals surface area contributed by atoms with E-state index in [4.69, 9.17) is 0 Å². The number of rotatable bonds is 3. The highest BCUT2D eigenvalue weighted by molar-refractivity contribution is 7.12. The van der Waals surface area contributed by atoms with Crippen LogP contribution in [-0.2, 0) is 0 Å². The molecule has 1 rings (SSSR count). The molecule has 0 spiro atoms. The number of thiophene rings is 1. The number of hydrogen-bond acceptors (Lipinski definition) is 3. The highest BCUT2D eigenvalue weighted by Gasteiger charge is 2.12. The SMILES string of the molecule is CC(C)(C)NCC(=O)c1cccs1. The molecule has 0 saturated heterocycles. The summed E-state index contributed by atoms with van der Waals surface area (Å²) in [7, 11) is 0. The van der Waals surface area contributed by atoms with Gasteiger partial charge in [0.25, 0.3) is 0 Å². The molecule has 0 radical (unpaired) electrons. The highest BCUT2D eigenvalue weighted by atomic mass is 32.1. The first kappa shape index (κ1) is 10.4. The van der Waals surface area contributed by atoms with Gasteiger partial charge in [0.05, 0.1) is 11.4 Å². The molecule has 0 unspecified atom stereocenters. The van der Waals surface area contributed by atoms with Crippen LogP contribution in [0.4, 0.5) is 0 Å². The normalized spacial score (nSPS) is 11.6. The maximum Gasteiger partial charge on any atom is 0.186 e. The Morgan fingerprint density at radius 3 is 2.69 bits per heavy atom. The third-order valence-corrected chi connectivity index (χ3v) is 2.49. The molecule has 0 amide bonds. The molecular weight excluding hydrogens is 182 g/mol. The molecule has 2 nitrogen and oxygen atoms in total. The summed E-state index contributed by atoms with van der Waals surface area (Å²) in [6, 6.07) is 3.76. The Balaban J connectivity index is 2.44. The third kappa shape index (κ3) is 3.70. The van der Waals surface area contributed by atoms with Gasteiger partial charge in [0, 0.05) is 5.54 Å². The summed E-state index contributed by atoms with van der Waals surface area (Å²) < 4.78 is 0. The van der Waals surface area contributed by atoms with Crippen LogP contribution in [0.1, 0.15) is 30.4 Å². The van der Waals surface area contributed by atoms with E-state index in [9.17, 15) is 4.79 Å². The van der Waals surface area contributed by atoms with E-state index >= 15 is 0 Å². The van der Waals surface area contributed by atoms with Crippen molar-refractivity contribution in [2.45, 2.75) is 26.3 Å². The lowest BCUT2D eigenvalue weighted by Crippen LogP contribution is -2.39. The molecule has 0 bridgehead atoms. The van der Waals surface area contributed by atoms with Crippen molar-refractivity contribution in [2.24, 2.45) is 0 Å². The molecule has 1 heterocycles. The topological polar surface area (TPSA) is 29.1 Å². The number of nitrogens with one attached hydrogen (secondary N) is 1. The minimum absolute atomic E-state index is 0.00686. The van der Waals surface area contributed by atoms with Crippen LogP contribution in [0, 0.1) is 0 Å². The first-order chi connectivity index (χ1) is 5.99. The smallest absolute Gasteiger partial charge is 0.186 e. The Morgan fingerprint density at radius 2 is 2.23 bits per heavy atom. The molecule has 72 valence electrons. The molecule has 0 saturated carbocycles. The second-order valence-electron chi connectivity index (χ2n) is 4.00. The lowest BCUT2D eigenvalue weighted by atomic mass is 10.1. The lowest BCUT2D eigenvalue weighted by molar-refractivity contribution is 0.0986. The van der Waals surface area contributed by atoms with Crippen molar-refractivity contribution in [3.8, 4) is 0 Å². The molecule has 0 aromatic carbocycles. The van der Waals surface area contributed by atoms with E-state index in [2.05, 4.69) is 26.1 Å². The standard InChI is InChI=1S/C10H15NOS/c1-10(2,3)11-7-8(12)9-5-4-6-13-9/h4-6,11H,7H2,1-3H3. The fraction of sp³-hybridized carbons (Fsp3) is 0.500. The van der Waals surface area contributed by atoms with Crippen molar-refractivity contribution >= 4 is 17.1 Å². The molecule has 3 heteroatoms. The van der Waals surface area contributed by atoms with Gasteiger partial charge in [-0.2, -0.15) is 0 Å². The van der Waals surface area contributed by atoms with Crippen molar-refractivity contribution < 1.29 is 4.79 Å². The highest BCUT2D eigenvalue weighted by Crippen LogP contribution is 2.09. The van der Waals surface area contributed by atoms with Crippen LogP contribution >= 0.6 is 11.3 Å². The summed E-state index contributed by atoms with van der Waals surface area (Å²) in [6.45, 7) is 6.57. The Morgan fingerprint density at radius 1 is 1.54 bits per heavy atom. The van der Waals surface area contributed by atoms with Crippen LogP contribution in [0.15, 0.2) is 17.5 Å². The van der Waals surface area contributed by atoms with Crippen molar-refractivity contribution in [3.63, 3.8) is 0 Å². The summed E-state index contributed by atoms with van der Waals surface area (Å²) in [5, 5.41) is 5.09. The van der Waals surface area contributed by atoms with Gasteiger partial charge in [-0.25, -0.2) is 0 Å². The molecule has 0 fully saturated rings. The molecule has 1 N–H and O–H groups in total. The summed E-state index contributed by atoms with van der Waals surface area (Å²) in [4.78, 5) is 12.3. The van der Waals surface area contributed by atoms with Crippen LogP contribution < -0.4 is 5.32 Å². The maximum atomic E-state index is 11.5. The van der Waals surface area contributed by atoms with Gasteiger partial charge in [-0.05, 0) is 32.2 Å². The first-order valence-corrected chi connectivity index (χ1v) is 5.19. The molecule has 1 aromatic rings. The third-order valence-electron chi connectivity index (χ3n) is 1.58. The summed E-state index contributed by atoms with van der Waals surface area (Å²) in [5.74, 6) is 0.171. The predicted octanol–water partition coefficient (Wildman–Crippen LogP) is 2.32. The summed E-state index contributed by atoms with van der Waals surface area (Å²) in [6.07, 6.45) is 0.